The fourth-order valence-electron chi connectivity index (χ4n) is 5.26. The Hall–Kier alpha value is -4.15. The Morgan fingerprint density at radius 3 is 2.56 bits per heavy atom. The molecule has 0 radical (unpaired) electrons. The normalized spacial score (nSPS) is 16.0. The van der Waals surface area contributed by atoms with Crippen molar-refractivity contribution in [1.82, 2.24) is 25.1 Å². The molecule has 208 valence electrons. The lowest BCUT2D eigenvalue weighted by Crippen LogP contribution is -2.50. The summed E-state index contributed by atoms with van der Waals surface area (Å²) in [6, 6.07) is 16.2. The van der Waals surface area contributed by atoms with Gasteiger partial charge in [0.25, 0.3) is 0 Å². The second-order valence-electron chi connectivity index (χ2n) is 10.4. The molecular formula is C30H25BrClN5O4. The minimum atomic E-state index is -1.04. The average molecular weight is 635 g/mol. The van der Waals surface area contributed by atoms with E-state index in [1.54, 1.807) is 41.3 Å². The summed E-state index contributed by atoms with van der Waals surface area (Å²) in [6.07, 6.45) is 4.55. The molecule has 4 aromatic rings. The summed E-state index contributed by atoms with van der Waals surface area (Å²) in [5, 5.41) is 21.0. The molecule has 1 aliphatic heterocycles. The van der Waals surface area contributed by atoms with Gasteiger partial charge in [-0.25, -0.2) is 4.79 Å². The highest BCUT2D eigenvalue weighted by Crippen LogP contribution is 2.44. The molecule has 11 heteroatoms. The first kappa shape index (κ1) is 28.4. The summed E-state index contributed by atoms with van der Waals surface area (Å²) in [5.74, 6) is -1.56. The molecule has 0 aliphatic carbocycles. The minimum Gasteiger partial charge on any atom is -0.478 e. The quantitative estimate of drug-likeness (QED) is 0.268. The number of fused-ring (bicyclic) bond motifs is 1. The van der Waals surface area contributed by atoms with Crippen LogP contribution in [0.5, 0.6) is 0 Å². The van der Waals surface area contributed by atoms with Crippen LogP contribution in [0.2, 0.25) is 5.02 Å². The van der Waals surface area contributed by atoms with Gasteiger partial charge in [-0.05, 0) is 69.6 Å². The van der Waals surface area contributed by atoms with Crippen LogP contribution < -0.4 is 0 Å². The summed E-state index contributed by atoms with van der Waals surface area (Å²) in [6.45, 7) is 4.38. The molecule has 0 saturated carbocycles. The van der Waals surface area contributed by atoms with Crippen LogP contribution in [0.25, 0.3) is 11.8 Å². The maximum atomic E-state index is 13.9. The van der Waals surface area contributed by atoms with Crippen molar-refractivity contribution in [3.8, 4) is 5.69 Å². The van der Waals surface area contributed by atoms with E-state index < -0.39 is 17.4 Å². The molecule has 0 bridgehead atoms. The van der Waals surface area contributed by atoms with Crippen LogP contribution in [-0.2, 0) is 21.4 Å². The summed E-state index contributed by atoms with van der Waals surface area (Å²) in [4.78, 5) is 40.6. The number of rotatable bonds is 7. The van der Waals surface area contributed by atoms with E-state index in [-0.39, 0.29) is 23.7 Å². The molecule has 9 nitrogen and oxygen atoms in total. The van der Waals surface area contributed by atoms with E-state index in [1.807, 2.05) is 32.0 Å². The van der Waals surface area contributed by atoms with Crippen LogP contribution in [0.1, 0.15) is 52.5 Å². The van der Waals surface area contributed by atoms with Gasteiger partial charge in [-0.3, -0.25) is 9.59 Å². The van der Waals surface area contributed by atoms with E-state index >= 15 is 0 Å². The number of carboxylic acid groups (broad SMARTS) is 1. The minimum absolute atomic E-state index is 0.0299. The zero-order valence-electron chi connectivity index (χ0n) is 22.2. The lowest BCUT2D eigenvalue weighted by atomic mass is 9.74. The summed E-state index contributed by atoms with van der Waals surface area (Å²) < 4.78 is 2.34. The van der Waals surface area contributed by atoms with Crippen molar-refractivity contribution >= 4 is 51.3 Å². The number of tetrazole rings is 1. The summed E-state index contributed by atoms with van der Waals surface area (Å²) in [5.41, 5.74) is 3.33. The van der Waals surface area contributed by atoms with Gasteiger partial charge in [-0.15, -0.1) is 5.10 Å². The first-order chi connectivity index (χ1) is 19.5. The van der Waals surface area contributed by atoms with Gasteiger partial charge in [-0.1, -0.05) is 65.6 Å². The molecule has 0 spiro atoms. The third kappa shape index (κ3) is 5.84. The number of carbonyl (C=O) groups is 3. The topological polar surface area (TPSA) is 118 Å². The van der Waals surface area contributed by atoms with Crippen LogP contribution in [0.3, 0.4) is 0 Å². The molecule has 1 aliphatic rings. The number of carboxylic acids is 1. The number of aromatic carboxylic acids is 1. The molecule has 5 rings (SSSR count). The first-order valence-corrected chi connectivity index (χ1v) is 13.9. The Bertz CT molecular complexity index is 1670. The second kappa shape index (κ2) is 11.4. The Morgan fingerprint density at radius 2 is 1.88 bits per heavy atom. The standard InChI is InChI=1S/C30H25BrClN5O4/c1-30(2)16-36(26(39)13-10-20-15-21(32)11-12-24(20)37-17-33-34-35-37)28(22-4-3-5-23(31)27(22)30)25(38)14-18-6-8-19(9-7-18)29(40)41/h3-13,15,17,28H,14,16H2,1-2H3,(H,40,41)/b13-10+. The van der Waals surface area contributed by atoms with Gasteiger partial charge in [-0.2, -0.15) is 4.68 Å². The maximum absolute atomic E-state index is 13.9. The van der Waals surface area contributed by atoms with Crippen molar-refractivity contribution in [1.29, 1.82) is 0 Å². The number of hydrogen-bond donors (Lipinski definition) is 1. The number of hydrogen-bond acceptors (Lipinski definition) is 6. The monoisotopic (exact) mass is 633 g/mol. The lowest BCUT2D eigenvalue weighted by Gasteiger charge is -2.44. The predicted molar refractivity (Wildman–Crippen MR) is 157 cm³/mol. The number of amides is 1. The van der Waals surface area contributed by atoms with Crippen molar-refractivity contribution < 1.29 is 19.5 Å². The van der Waals surface area contributed by atoms with Crippen molar-refractivity contribution in [2.75, 3.05) is 6.54 Å². The van der Waals surface area contributed by atoms with Gasteiger partial charge in [0.2, 0.25) is 5.91 Å². The van der Waals surface area contributed by atoms with Crippen LogP contribution in [0.4, 0.5) is 0 Å². The molecule has 1 aromatic heterocycles. The highest BCUT2D eigenvalue weighted by atomic mass is 79.9. The molecule has 3 aromatic carbocycles. The molecular weight excluding hydrogens is 610 g/mol. The zero-order valence-corrected chi connectivity index (χ0v) is 24.5. The average Bonchev–Trinajstić information content (AvgIpc) is 3.46. The van der Waals surface area contributed by atoms with E-state index in [4.69, 9.17) is 11.6 Å². The van der Waals surface area contributed by atoms with Crippen LogP contribution in [0, 0.1) is 0 Å². The Morgan fingerprint density at radius 1 is 1.12 bits per heavy atom. The van der Waals surface area contributed by atoms with Crippen LogP contribution >= 0.6 is 27.5 Å². The molecule has 1 unspecified atom stereocenters. The second-order valence-corrected chi connectivity index (χ2v) is 11.7. The van der Waals surface area contributed by atoms with Crippen molar-refractivity contribution in [2.45, 2.75) is 31.7 Å². The van der Waals surface area contributed by atoms with Gasteiger partial charge in [0.05, 0.1) is 11.3 Å². The SMILES string of the molecule is CC1(C)CN(C(=O)/C=C/c2cc(Cl)ccc2-n2cnnn2)C(C(=O)Cc2ccc(C(=O)O)cc2)c2cccc(Br)c21. The highest BCUT2D eigenvalue weighted by Gasteiger charge is 2.43. The Balaban J connectivity index is 1.52. The van der Waals surface area contributed by atoms with Gasteiger partial charge < -0.3 is 10.0 Å². The number of benzene rings is 3. The molecule has 41 heavy (non-hydrogen) atoms. The van der Waals surface area contributed by atoms with E-state index in [0.29, 0.717) is 28.4 Å². The van der Waals surface area contributed by atoms with Crippen molar-refractivity contribution in [2.24, 2.45) is 0 Å². The Kier molecular flexibility index (Phi) is 7.88. The first-order valence-electron chi connectivity index (χ1n) is 12.7. The summed E-state index contributed by atoms with van der Waals surface area (Å²) in [7, 11) is 0. The number of ketones is 1. The fraction of sp³-hybridized carbons (Fsp3) is 0.200. The van der Waals surface area contributed by atoms with E-state index in [2.05, 4.69) is 31.5 Å². The lowest BCUT2D eigenvalue weighted by molar-refractivity contribution is -0.137. The van der Waals surface area contributed by atoms with Gasteiger partial charge >= 0.3 is 5.97 Å². The van der Waals surface area contributed by atoms with E-state index in [1.165, 1.54) is 29.2 Å². The molecule has 0 saturated heterocycles. The predicted octanol–water partition coefficient (Wildman–Crippen LogP) is 5.46. The maximum Gasteiger partial charge on any atom is 0.335 e. The Labute approximate surface area is 249 Å². The number of carbonyl (C=O) groups excluding carboxylic acids is 2. The number of nitrogens with zero attached hydrogens (tertiary/aromatic N) is 5. The third-order valence-electron chi connectivity index (χ3n) is 7.05. The number of Topliss-reactive ketones (excluding diaryl/α,β-unsaturated/α-hetero) is 1. The van der Waals surface area contributed by atoms with Gasteiger partial charge in [0.1, 0.15) is 12.4 Å². The molecule has 1 N–H and O–H groups in total. The largest absolute Gasteiger partial charge is 0.478 e. The van der Waals surface area contributed by atoms with Crippen molar-refractivity contribution in [3.05, 3.63) is 110 Å². The molecule has 1 atom stereocenters. The van der Waals surface area contributed by atoms with Gasteiger partial charge in [0, 0.05) is 39.5 Å². The van der Waals surface area contributed by atoms with E-state index in [0.717, 1.165) is 15.6 Å². The molecule has 1 amide bonds. The van der Waals surface area contributed by atoms with Crippen LogP contribution in [0.15, 0.2) is 77.5 Å². The smallest absolute Gasteiger partial charge is 0.335 e. The highest BCUT2D eigenvalue weighted by molar-refractivity contribution is 9.10. The van der Waals surface area contributed by atoms with Gasteiger partial charge in [0.15, 0.2) is 5.78 Å². The van der Waals surface area contributed by atoms with Crippen molar-refractivity contribution in [3.63, 3.8) is 0 Å². The fourth-order valence-corrected chi connectivity index (χ4v) is 6.36. The molecule has 0 fully saturated rings. The number of aromatic nitrogens is 4. The van der Waals surface area contributed by atoms with E-state index in [9.17, 15) is 19.5 Å². The number of halogens is 2. The van der Waals surface area contributed by atoms with Crippen LogP contribution in [-0.4, -0.2) is 54.4 Å². The zero-order chi connectivity index (χ0) is 29.3. The molecule has 2 heterocycles. The third-order valence-corrected chi connectivity index (χ3v) is 7.95. The summed E-state index contributed by atoms with van der Waals surface area (Å²) >= 11 is 9.91.